The van der Waals surface area contributed by atoms with Crippen LogP contribution in [-0.2, 0) is 0 Å². The van der Waals surface area contributed by atoms with Crippen LogP contribution in [0.1, 0.15) is 28.8 Å². The maximum atomic E-state index is 11.2. The minimum absolute atomic E-state index is 0.123. The van der Waals surface area contributed by atoms with Gasteiger partial charge in [-0.25, -0.2) is 14.8 Å². The molecule has 21 heavy (non-hydrogen) atoms. The Labute approximate surface area is 122 Å². The number of carboxylic acids is 1. The first kappa shape index (κ1) is 13.4. The molecule has 1 fully saturated rings. The molecule has 2 aromatic heterocycles. The highest BCUT2D eigenvalue weighted by Crippen LogP contribution is 2.32. The Morgan fingerprint density at radius 1 is 1.24 bits per heavy atom. The third kappa shape index (κ3) is 2.94. The number of hydrogen-bond acceptors (Lipinski definition) is 5. The summed E-state index contributed by atoms with van der Waals surface area (Å²) in [5.74, 6) is -0.125. The van der Waals surface area contributed by atoms with Crippen molar-refractivity contribution in [1.29, 1.82) is 0 Å². The molecule has 0 spiro atoms. The second-order valence-electron chi connectivity index (χ2n) is 5.10. The summed E-state index contributed by atoms with van der Waals surface area (Å²) in [5, 5.41) is 15.7. The molecule has 3 rings (SSSR count). The van der Waals surface area contributed by atoms with E-state index in [-0.39, 0.29) is 5.56 Å². The van der Waals surface area contributed by atoms with E-state index >= 15 is 0 Å². The number of carboxylic acid groups (broad SMARTS) is 1. The van der Waals surface area contributed by atoms with Crippen molar-refractivity contribution in [3.8, 4) is 0 Å². The Kier molecular flexibility index (Phi) is 3.43. The lowest BCUT2D eigenvalue weighted by Gasteiger charge is -2.15. The predicted octanol–water partition coefficient (Wildman–Crippen LogP) is 2.80. The number of aromatic carboxylic acids is 1. The summed E-state index contributed by atoms with van der Waals surface area (Å²) in [5.41, 5.74) is 2.09. The number of anilines is 3. The average Bonchev–Trinajstić information content (AvgIpc) is 3.27. The molecule has 6 nitrogen and oxygen atoms in total. The Bertz CT molecular complexity index is 683. The van der Waals surface area contributed by atoms with Gasteiger partial charge in [-0.2, -0.15) is 0 Å². The number of aryl methyl sites for hydroxylation is 1. The summed E-state index contributed by atoms with van der Waals surface area (Å²) < 4.78 is 0. The largest absolute Gasteiger partial charge is 0.478 e. The summed E-state index contributed by atoms with van der Waals surface area (Å²) >= 11 is 0. The second-order valence-corrected chi connectivity index (χ2v) is 5.10. The highest BCUT2D eigenvalue weighted by molar-refractivity contribution is 5.94. The van der Waals surface area contributed by atoms with Gasteiger partial charge in [0.2, 0.25) is 0 Å². The van der Waals surface area contributed by atoms with Crippen LogP contribution in [0.5, 0.6) is 0 Å². The molecule has 3 N–H and O–H groups in total. The summed E-state index contributed by atoms with van der Waals surface area (Å²) in [4.78, 5) is 19.6. The van der Waals surface area contributed by atoms with Crippen LogP contribution in [0.3, 0.4) is 0 Å². The first-order chi connectivity index (χ1) is 10.1. The van der Waals surface area contributed by atoms with Gasteiger partial charge in [-0.1, -0.05) is 0 Å². The van der Waals surface area contributed by atoms with Gasteiger partial charge in [0.15, 0.2) is 5.82 Å². The standard InChI is InChI=1S/C15H16N4O2/c1-9-6-8-17-14(12(9)18-10-4-5-10)19-13-11(15(20)21)3-2-7-16-13/h2-3,6-8,10,18H,4-5H2,1H3,(H,20,21)(H,16,17,19). The zero-order valence-corrected chi connectivity index (χ0v) is 11.6. The fourth-order valence-electron chi connectivity index (χ4n) is 2.06. The second kappa shape index (κ2) is 5.40. The van der Waals surface area contributed by atoms with Crippen LogP contribution in [-0.4, -0.2) is 27.1 Å². The maximum absolute atomic E-state index is 11.2. The number of nitrogens with zero attached hydrogens (tertiary/aromatic N) is 2. The van der Waals surface area contributed by atoms with Crippen molar-refractivity contribution in [2.75, 3.05) is 10.6 Å². The van der Waals surface area contributed by atoms with E-state index < -0.39 is 5.97 Å². The summed E-state index contributed by atoms with van der Waals surface area (Å²) in [6.45, 7) is 1.99. The van der Waals surface area contributed by atoms with Gasteiger partial charge in [0.1, 0.15) is 11.4 Å². The molecule has 0 atom stereocenters. The number of nitrogens with one attached hydrogen (secondary N) is 2. The quantitative estimate of drug-likeness (QED) is 0.782. The zero-order valence-electron chi connectivity index (χ0n) is 11.6. The Hall–Kier alpha value is -2.63. The Balaban J connectivity index is 1.94. The molecular weight excluding hydrogens is 268 g/mol. The number of hydrogen-bond donors (Lipinski definition) is 3. The van der Waals surface area contributed by atoms with Gasteiger partial charge < -0.3 is 15.7 Å². The molecule has 2 heterocycles. The topological polar surface area (TPSA) is 87.1 Å². The monoisotopic (exact) mass is 284 g/mol. The van der Waals surface area contributed by atoms with Crippen LogP contribution >= 0.6 is 0 Å². The SMILES string of the molecule is Cc1ccnc(Nc2ncccc2C(=O)O)c1NC1CC1. The van der Waals surface area contributed by atoms with Crippen LogP contribution in [0.2, 0.25) is 0 Å². The van der Waals surface area contributed by atoms with Gasteiger partial charge in [0.05, 0.1) is 5.69 Å². The average molecular weight is 284 g/mol. The smallest absolute Gasteiger partial charge is 0.339 e. The van der Waals surface area contributed by atoms with Crippen LogP contribution in [0.15, 0.2) is 30.6 Å². The molecule has 108 valence electrons. The van der Waals surface area contributed by atoms with E-state index in [1.807, 2.05) is 13.0 Å². The van der Waals surface area contributed by atoms with Crippen molar-refractivity contribution >= 4 is 23.3 Å². The molecule has 0 aliphatic heterocycles. The van der Waals surface area contributed by atoms with E-state index in [0.717, 1.165) is 24.1 Å². The third-order valence-electron chi connectivity index (χ3n) is 3.36. The van der Waals surface area contributed by atoms with Crippen LogP contribution < -0.4 is 10.6 Å². The minimum Gasteiger partial charge on any atom is -0.478 e. The van der Waals surface area contributed by atoms with Crippen molar-refractivity contribution < 1.29 is 9.90 Å². The highest BCUT2D eigenvalue weighted by Gasteiger charge is 2.23. The van der Waals surface area contributed by atoms with Crippen LogP contribution in [0.4, 0.5) is 17.3 Å². The first-order valence-corrected chi connectivity index (χ1v) is 6.82. The molecule has 1 aliphatic rings. The molecule has 2 aromatic rings. The number of pyridine rings is 2. The molecule has 0 saturated heterocycles. The molecule has 6 heteroatoms. The number of aromatic nitrogens is 2. The van der Waals surface area contributed by atoms with E-state index in [1.165, 1.54) is 6.07 Å². The van der Waals surface area contributed by atoms with E-state index in [4.69, 9.17) is 0 Å². The normalized spacial score (nSPS) is 13.8. The van der Waals surface area contributed by atoms with Gasteiger partial charge in [0, 0.05) is 18.4 Å². The van der Waals surface area contributed by atoms with Crippen molar-refractivity contribution in [1.82, 2.24) is 9.97 Å². The molecule has 1 saturated carbocycles. The predicted molar refractivity (Wildman–Crippen MR) is 80.1 cm³/mol. The number of rotatable bonds is 5. The van der Waals surface area contributed by atoms with Crippen molar-refractivity contribution in [3.05, 3.63) is 41.7 Å². The Morgan fingerprint density at radius 3 is 2.71 bits per heavy atom. The van der Waals surface area contributed by atoms with E-state index in [0.29, 0.717) is 17.7 Å². The molecule has 1 aliphatic carbocycles. The van der Waals surface area contributed by atoms with E-state index in [2.05, 4.69) is 20.6 Å². The first-order valence-electron chi connectivity index (χ1n) is 6.82. The highest BCUT2D eigenvalue weighted by atomic mass is 16.4. The van der Waals surface area contributed by atoms with Gasteiger partial charge >= 0.3 is 5.97 Å². The lowest BCUT2D eigenvalue weighted by molar-refractivity contribution is 0.0697. The van der Waals surface area contributed by atoms with Crippen molar-refractivity contribution in [2.45, 2.75) is 25.8 Å². The van der Waals surface area contributed by atoms with Crippen molar-refractivity contribution in [3.63, 3.8) is 0 Å². The minimum atomic E-state index is -1.02. The summed E-state index contributed by atoms with van der Waals surface area (Å²) in [6, 6.07) is 5.52. The Morgan fingerprint density at radius 2 is 2.00 bits per heavy atom. The van der Waals surface area contributed by atoms with Gasteiger partial charge in [-0.3, -0.25) is 0 Å². The van der Waals surface area contributed by atoms with Gasteiger partial charge in [-0.15, -0.1) is 0 Å². The van der Waals surface area contributed by atoms with E-state index in [1.54, 1.807) is 18.5 Å². The number of carbonyl (C=O) groups is 1. The maximum Gasteiger partial charge on any atom is 0.339 e. The molecule has 0 radical (unpaired) electrons. The lowest BCUT2D eigenvalue weighted by atomic mass is 10.2. The van der Waals surface area contributed by atoms with Gasteiger partial charge in [-0.05, 0) is 43.5 Å². The molecule has 0 amide bonds. The van der Waals surface area contributed by atoms with Gasteiger partial charge in [0.25, 0.3) is 0 Å². The molecular formula is C15H16N4O2. The fraction of sp³-hybridized carbons (Fsp3) is 0.267. The summed E-state index contributed by atoms with van der Waals surface area (Å²) in [6.07, 6.45) is 5.55. The van der Waals surface area contributed by atoms with Crippen LogP contribution in [0, 0.1) is 6.92 Å². The van der Waals surface area contributed by atoms with E-state index in [9.17, 15) is 9.90 Å². The fourth-order valence-corrected chi connectivity index (χ4v) is 2.06. The van der Waals surface area contributed by atoms with Crippen LogP contribution in [0.25, 0.3) is 0 Å². The molecule has 0 bridgehead atoms. The lowest BCUT2D eigenvalue weighted by Crippen LogP contribution is -2.10. The summed E-state index contributed by atoms with van der Waals surface area (Å²) in [7, 11) is 0. The third-order valence-corrected chi connectivity index (χ3v) is 3.36. The zero-order chi connectivity index (χ0) is 14.8. The molecule has 0 aromatic carbocycles. The molecule has 0 unspecified atom stereocenters. The van der Waals surface area contributed by atoms with Crippen molar-refractivity contribution in [2.24, 2.45) is 0 Å².